The number of rotatable bonds is 5. The molecule has 1 aromatic carbocycles. The lowest BCUT2D eigenvalue weighted by Gasteiger charge is -2.06. The third kappa shape index (κ3) is 2.55. The molecular formula is C19H20N4S. The van der Waals surface area contributed by atoms with Gasteiger partial charge in [-0.2, -0.15) is 0 Å². The number of anilines is 1. The lowest BCUT2D eigenvalue weighted by molar-refractivity contribution is 0.823. The number of thiophene rings is 1. The number of nitrogens with zero attached hydrogens (tertiary/aromatic N) is 3. The van der Waals surface area contributed by atoms with E-state index in [4.69, 9.17) is 5.10 Å². The molecule has 122 valence electrons. The van der Waals surface area contributed by atoms with Crippen LogP contribution in [0.25, 0.3) is 26.3 Å². The maximum atomic E-state index is 4.74. The van der Waals surface area contributed by atoms with Crippen molar-refractivity contribution < 1.29 is 0 Å². The van der Waals surface area contributed by atoms with Gasteiger partial charge in [-0.05, 0) is 42.5 Å². The number of benzene rings is 1. The summed E-state index contributed by atoms with van der Waals surface area (Å²) in [5.41, 5.74) is 3.23. The average Bonchev–Trinajstić information content (AvgIpc) is 3.16. The monoisotopic (exact) mass is 336 g/mol. The zero-order chi connectivity index (χ0) is 16.5. The second-order valence-corrected chi connectivity index (χ2v) is 7.02. The third-order valence-corrected chi connectivity index (χ3v) is 5.57. The van der Waals surface area contributed by atoms with Gasteiger partial charge in [0.25, 0.3) is 0 Å². The normalized spacial score (nSPS) is 11.4. The Labute approximate surface area is 145 Å². The molecular weight excluding hydrogens is 316 g/mol. The highest BCUT2D eigenvalue weighted by atomic mass is 32.1. The topological polar surface area (TPSA) is 42.2 Å². The molecule has 0 fully saturated rings. The Morgan fingerprint density at radius 3 is 2.88 bits per heavy atom. The van der Waals surface area contributed by atoms with Crippen LogP contribution in [0.5, 0.6) is 0 Å². The van der Waals surface area contributed by atoms with Crippen LogP contribution in [0, 0.1) is 6.92 Å². The predicted molar refractivity (Wildman–Crippen MR) is 102 cm³/mol. The number of fused-ring (bicyclic) bond motifs is 2. The summed E-state index contributed by atoms with van der Waals surface area (Å²) in [6.45, 7) is 5.31. The second kappa shape index (κ2) is 6.24. The van der Waals surface area contributed by atoms with Gasteiger partial charge in [0.15, 0.2) is 5.65 Å². The Hall–Kier alpha value is -2.40. The van der Waals surface area contributed by atoms with Crippen molar-refractivity contribution in [3.05, 3.63) is 48.2 Å². The van der Waals surface area contributed by atoms with Crippen molar-refractivity contribution in [1.29, 1.82) is 0 Å². The molecule has 5 heteroatoms. The lowest BCUT2D eigenvalue weighted by atomic mass is 10.1. The molecule has 24 heavy (non-hydrogen) atoms. The molecule has 0 unspecified atom stereocenters. The molecule has 1 N–H and O–H groups in total. The van der Waals surface area contributed by atoms with Crippen LogP contribution in [0.3, 0.4) is 0 Å². The quantitative estimate of drug-likeness (QED) is 0.514. The largest absolute Gasteiger partial charge is 0.369 e. The van der Waals surface area contributed by atoms with E-state index in [0.29, 0.717) is 0 Å². The molecule has 0 atom stereocenters. The van der Waals surface area contributed by atoms with Crippen molar-refractivity contribution in [3.8, 4) is 10.6 Å². The molecule has 3 aromatic heterocycles. The van der Waals surface area contributed by atoms with Crippen LogP contribution in [0.15, 0.2) is 42.6 Å². The Balaban J connectivity index is 1.80. The minimum atomic E-state index is 0.878. The van der Waals surface area contributed by atoms with Crippen LogP contribution >= 0.6 is 11.3 Å². The fourth-order valence-electron chi connectivity index (χ4n) is 2.93. The minimum absolute atomic E-state index is 0.878. The van der Waals surface area contributed by atoms with Gasteiger partial charge in [-0.1, -0.05) is 31.5 Å². The summed E-state index contributed by atoms with van der Waals surface area (Å²) in [4.78, 5) is 5.76. The molecule has 0 saturated carbocycles. The molecule has 0 radical (unpaired) electrons. The van der Waals surface area contributed by atoms with Crippen molar-refractivity contribution in [2.24, 2.45) is 0 Å². The summed E-state index contributed by atoms with van der Waals surface area (Å²) >= 11 is 1.80. The number of aryl methyl sites for hydroxylation is 1. The first kappa shape index (κ1) is 15.1. The first-order chi connectivity index (χ1) is 11.8. The molecule has 0 spiro atoms. The van der Waals surface area contributed by atoms with Gasteiger partial charge in [0.1, 0.15) is 11.5 Å². The zero-order valence-electron chi connectivity index (χ0n) is 13.9. The molecule has 3 heterocycles. The number of nitrogens with one attached hydrogen (secondary N) is 1. The van der Waals surface area contributed by atoms with Crippen molar-refractivity contribution in [2.45, 2.75) is 26.7 Å². The van der Waals surface area contributed by atoms with Gasteiger partial charge in [0, 0.05) is 11.2 Å². The van der Waals surface area contributed by atoms with Gasteiger partial charge < -0.3 is 5.32 Å². The van der Waals surface area contributed by atoms with Gasteiger partial charge >= 0.3 is 0 Å². The van der Waals surface area contributed by atoms with E-state index < -0.39 is 0 Å². The molecule has 0 saturated heterocycles. The molecule has 0 amide bonds. The highest BCUT2D eigenvalue weighted by Crippen LogP contribution is 2.37. The molecule has 0 aliphatic heterocycles. The van der Waals surface area contributed by atoms with E-state index in [2.05, 4.69) is 48.4 Å². The highest BCUT2D eigenvalue weighted by Gasteiger charge is 2.15. The Morgan fingerprint density at radius 2 is 2.04 bits per heavy atom. The Kier molecular flexibility index (Phi) is 3.94. The maximum Gasteiger partial charge on any atom is 0.154 e. The Bertz CT molecular complexity index is 999. The zero-order valence-corrected chi connectivity index (χ0v) is 14.7. The summed E-state index contributed by atoms with van der Waals surface area (Å²) in [6.07, 6.45) is 4.24. The SMILES string of the molecule is CCCCNc1ccc2ncc(-c3sc4ccccc4c3C)n2n1. The Morgan fingerprint density at radius 1 is 1.17 bits per heavy atom. The van der Waals surface area contributed by atoms with E-state index in [9.17, 15) is 0 Å². The number of imidazole rings is 1. The lowest BCUT2D eigenvalue weighted by Crippen LogP contribution is -2.05. The van der Waals surface area contributed by atoms with Gasteiger partial charge in [0.2, 0.25) is 0 Å². The van der Waals surface area contributed by atoms with Crippen molar-refractivity contribution in [2.75, 3.05) is 11.9 Å². The van der Waals surface area contributed by atoms with Gasteiger partial charge in [0.05, 0.1) is 11.1 Å². The van der Waals surface area contributed by atoms with Crippen LogP contribution in [0.4, 0.5) is 5.82 Å². The predicted octanol–water partition coefficient (Wildman–Crippen LogP) is 5.13. The summed E-state index contributed by atoms with van der Waals surface area (Å²) in [7, 11) is 0. The van der Waals surface area contributed by atoms with Crippen molar-refractivity contribution >= 4 is 32.9 Å². The van der Waals surface area contributed by atoms with Crippen molar-refractivity contribution in [1.82, 2.24) is 14.6 Å². The number of hydrogen-bond acceptors (Lipinski definition) is 4. The van der Waals surface area contributed by atoms with Crippen LogP contribution in [-0.4, -0.2) is 21.1 Å². The molecule has 0 bridgehead atoms. The first-order valence-electron chi connectivity index (χ1n) is 8.35. The molecule has 4 nitrogen and oxygen atoms in total. The van der Waals surface area contributed by atoms with Gasteiger partial charge in [-0.3, -0.25) is 0 Å². The summed E-state index contributed by atoms with van der Waals surface area (Å²) < 4.78 is 3.25. The van der Waals surface area contributed by atoms with Crippen LogP contribution in [0.1, 0.15) is 25.3 Å². The van der Waals surface area contributed by atoms with Crippen LogP contribution in [0.2, 0.25) is 0 Å². The minimum Gasteiger partial charge on any atom is -0.369 e. The van der Waals surface area contributed by atoms with Crippen molar-refractivity contribution in [3.63, 3.8) is 0 Å². The average molecular weight is 336 g/mol. The smallest absolute Gasteiger partial charge is 0.154 e. The molecule has 0 aliphatic rings. The third-order valence-electron chi connectivity index (χ3n) is 4.28. The van der Waals surface area contributed by atoms with E-state index in [1.54, 1.807) is 11.3 Å². The number of aromatic nitrogens is 3. The molecule has 0 aliphatic carbocycles. The number of hydrogen-bond donors (Lipinski definition) is 1. The van der Waals surface area contributed by atoms with Crippen LogP contribution < -0.4 is 5.32 Å². The fourth-order valence-corrected chi connectivity index (χ4v) is 4.14. The van der Waals surface area contributed by atoms with E-state index in [1.165, 1.54) is 26.9 Å². The number of unbranched alkanes of at least 4 members (excludes halogenated alkanes) is 1. The van der Waals surface area contributed by atoms with Crippen LogP contribution in [-0.2, 0) is 0 Å². The van der Waals surface area contributed by atoms with E-state index in [-0.39, 0.29) is 0 Å². The van der Waals surface area contributed by atoms with Gasteiger partial charge in [-0.25, -0.2) is 9.50 Å². The second-order valence-electron chi connectivity index (χ2n) is 5.96. The highest BCUT2D eigenvalue weighted by molar-refractivity contribution is 7.22. The van der Waals surface area contributed by atoms with E-state index in [1.807, 2.05) is 22.8 Å². The maximum absolute atomic E-state index is 4.74. The molecule has 4 rings (SSSR count). The summed E-state index contributed by atoms with van der Waals surface area (Å²) in [5.74, 6) is 0.897. The standard InChI is InChI=1S/C19H20N4S/c1-3-4-11-20-17-9-10-18-21-12-15(23(18)22-17)19-13(2)14-7-5-6-8-16(14)24-19/h5-10,12H,3-4,11H2,1-2H3,(H,20,22). The summed E-state index contributed by atoms with van der Waals surface area (Å²) in [5, 5.41) is 9.45. The first-order valence-corrected chi connectivity index (χ1v) is 9.16. The van der Waals surface area contributed by atoms with Gasteiger partial charge in [-0.15, -0.1) is 16.4 Å². The molecule has 4 aromatic rings. The fraction of sp³-hybridized carbons (Fsp3) is 0.263. The van der Waals surface area contributed by atoms with E-state index in [0.717, 1.165) is 30.1 Å². The summed E-state index contributed by atoms with van der Waals surface area (Å²) in [6, 6.07) is 12.6. The van der Waals surface area contributed by atoms with E-state index >= 15 is 0 Å².